The Balaban J connectivity index is 1.83. The van der Waals surface area contributed by atoms with E-state index in [4.69, 9.17) is 9.47 Å². The van der Waals surface area contributed by atoms with Crippen LogP contribution in [-0.4, -0.2) is 19.1 Å². The number of thiophene rings is 1. The first-order chi connectivity index (χ1) is 11.1. The smallest absolute Gasteiger partial charge is 0.261 e. The summed E-state index contributed by atoms with van der Waals surface area (Å²) in [6.07, 6.45) is 0.882. The van der Waals surface area contributed by atoms with Crippen molar-refractivity contribution in [2.75, 3.05) is 13.2 Å². The molecule has 1 amide bonds. The SMILES string of the molecule is CC(C)[C@H](NC(=O)c1cccs1)c1ccc2c(c1)OCCCO2. The number of ether oxygens (including phenoxy) is 2. The van der Waals surface area contributed by atoms with Gasteiger partial charge in [-0.05, 0) is 35.1 Å². The lowest BCUT2D eigenvalue weighted by Gasteiger charge is -2.23. The van der Waals surface area contributed by atoms with Gasteiger partial charge in [0.15, 0.2) is 11.5 Å². The minimum Gasteiger partial charge on any atom is -0.490 e. The zero-order valence-corrected chi connectivity index (χ0v) is 14.2. The summed E-state index contributed by atoms with van der Waals surface area (Å²) in [5, 5.41) is 5.04. The Morgan fingerprint density at radius 3 is 2.65 bits per heavy atom. The molecular formula is C18H21NO3S. The molecule has 0 fully saturated rings. The average Bonchev–Trinajstić information content (AvgIpc) is 2.97. The second-order valence-electron chi connectivity index (χ2n) is 5.93. The fourth-order valence-electron chi connectivity index (χ4n) is 2.63. The minimum absolute atomic E-state index is 0.0363. The molecule has 2 heterocycles. The highest BCUT2D eigenvalue weighted by molar-refractivity contribution is 7.12. The van der Waals surface area contributed by atoms with E-state index in [1.54, 1.807) is 0 Å². The summed E-state index contributed by atoms with van der Waals surface area (Å²) in [7, 11) is 0. The lowest BCUT2D eigenvalue weighted by molar-refractivity contribution is 0.0929. The molecule has 23 heavy (non-hydrogen) atoms. The van der Waals surface area contributed by atoms with E-state index in [2.05, 4.69) is 19.2 Å². The van der Waals surface area contributed by atoms with E-state index in [1.165, 1.54) is 11.3 Å². The van der Waals surface area contributed by atoms with Crippen LogP contribution in [0.25, 0.3) is 0 Å². The number of amides is 1. The molecule has 0 radical (unpaired) electrons. The Hall–Kier alpha value is -2.01. The Morgan fingerprint density at radius 2 is 1.96 bits per heavy atom. The van der Waals surface area contributed by atoms with Crippen LogP contribution < -0.4 is 14.8 Å². The van der Waals surface area contributed by atoms with Crippen LogP contribution in [0.5, 0.6) is 11.5 Å². The van der Waals surface area contributed by atoms with Crippen LogP contribution in [0.4, 0.5) is 0 Å². The van der Waals surface area contributed by atoms with E-state index in [0.717, 1.165) is 28.4 Å². The normalized spacial score (nSPS) is 15.1. The standard InChI is InChI=1S/C18H21NO3S/c1-12(2)17(19-18(20)16-5-3-10-23-16)13-6-7-14-15(11-13)22-9-4-8-21-14/h3,5-7,10-12,17H,4,8-9H2,1-2H3,(H,19,20)/t17-/m0/s1. The van der Waals surface area contributed by atoms with Crippen LogP contribution in [0.2, 0.25) is 0 Å². The van der Waals surface area contributed by atoms with Gasteiger partial charge in [0.2, 0.25) is 0 Å². The van der Waals surface area contributed by atoms with Crippen molar-refractivity contribution < 1.29 is 14.3 Å². The summed E-state index contributed by atoms with van der Waals surface area (Å²) >= 11 is 1.45. The highest BCUT2D eigenvalue weighted by Crippen LogP contribution is 2.34. The molecule has 0 aliphatic carbocycles. The van der Waals surface area contributed by atoms with E-state index in [1.807, 2.05) is 35.7 Å². The lowest BCUT2D eigenvalue weighted by atomic mass is 9.95. The summed E-state index contributed by atoms with van der Waals surface area (Å²) in [4.78, 5) is 13.1. The molecule has 1 aliphatic heterocycles. The molecule has 122 valence electrons. The number of nitrogens with one attached hydrogen (secondary N) is 1. The van der Waals surface area contributed by atoms with Gasteiger partial charge in [0.25, 0.3) is 5.91 Å². The molecule has 1 aromatic heterocycles. The Morgan fingerprint density at radius 1 is 1.17 bits per heavy atom. The molecular weight excluding hydrogens is 310 g/mol. The van der Waals surface area contributed by atoms with Gasteiger partial charge in [0, 0.05) is 6.42 Å². The van der Waals surface area contributed by atoms with Crippen LogP contribution in [0.15, 0.2) is 35.7 Å². The molecule has 4 nitrogen and oxygen atoms in total. The number of hydrogen-bond donors (Lipinski definition) is 1. The van der Waals surface area contributed by atoms with Gasteiger partial charge in [-0.3, -0.25) is 4.79 Å². The van der Waals surface area contributed by atoms with Crippen molar-refractivity contribution in [2.24, 2.45) is 5.92 Å². The lowest BCUT2D eigenvalue weighted by Crippen LogP contribution is -2.31. The number of fused-ring (bicyclic) bond motifs is 1. The van der Waals surface area contributed by atoms with E-state index < -0.39 is 0 Å². The summed E-state index contributed by atoms with van der Waals surface area (Å²) in [5.41, 5.74) is 1.04. The molecule has 0 saturated carbocycles. The third-order valence-corrected chi connectivity index (χ3v) is 4.70. The highest BCUT2D eigenvalue weighted by Gasteiger charge is 2.22. The highest BCUT2D eigenvalue weighted by atomic mass is 32.1. The Labute approximate surface area is 140 Å². The topological polar surface area (TPSA) is 47.6 Å². The van der Waals surface area contributed by atoms with E-state index >= 15 is 0 Å². The van der Waals surface area contributed by atoms with Crippen molar-refractivity contribution in [1.82, 2.24) is 5.32 Å². The van der Waals surface area contributed by atoms with Gasteiger partial charge in [-0.1, -0.05) is 26.0 Å². The average molecular weight is 331 g/mol. The van der Waals surface area contributed by atoms with Crippen LogP contribution in [0.3, 0.4) is 0 Å². The predicted octanol–water partition coefficient (Wildman–Crippen LogP) is 4.04. The van der Waals surface area contributed by atoms with Crippen molar-refractivity contribution in [3.8, 4) is 11.5 Å². The van der Waals surface area contributed by atoms with Gasteiger partial charge in [-0.2, -0.15) is 0 Å². The summed E-state index contributed by atoms with van der Waals surface area (Å²) < 4.78 is 11.4. The second-order valence-corrected chi connectivity index (χ2v) is 6.88. The zero-order chi connectivity index (χ0) is 16.2. The first-order valence-corrected chi connectivity index (χ1v) is 8.77. The van der Waals surface area contributed by atoms with E-state index in [0.29, 0.717) is 13.2 Å². The molecule has 0 spiro atoms. The quantitative estimate of drug-likeness (QED) is 0.920. The first kappa shape index (κ1) is 15.9. The third kappa shape index (κ3) is 3.67. The van der Waals surface area contributed by atoms with E-state index in [-0.39, 0.29) is 17.9 Å². The molecule has 0 saturated heterocycles. The molecule has 0 unspecified atom stereocenters. The number of rotatable bonds is 4. The van der Waals surface area contributed by atoms with Crippen LogP contribution >= 0.6 is 11.3 Å². The number of carbonyl (C=O) groups is 1. The Kier molecular flexibility index (Phi) is 4.86. The van der Waals surface area contributed by atoms with Gasteiger partial charge in [-0.25, -0.2) is 0 Å². The monoisotopic (exact) mass is 331 g/mol. The number of hydrogen-bond acceptors (Lipinski definition) is 4. The maximum absolute atomic E-state index is 12.4. The molecule has 1 atom stereocenters. The van der Waals surface area contributed by atoms with Gasteiger partial charge in [0.1, 0.15) is 0 Å². The third-order valence-electron chi connectivity index (χ3n) is 3.83. The molecule has 3 rings (SSSR count). The molecule has 1 aliphatic rings. The molecule has 5 heteroatoms. The van der Waals surface area contributed by atoms with Gasteiger partial charge < -0.3 is 14.8 Å². The van der Waals surface area contributed by atoms with Gasteiger partial charge in [0.05, 0.1) is 24.1 Å². The minimum atomic E-state index is -0.0678. The molecule has 1 N–H and O–H groups in total. The second kappa shape index (κ2) is 7.04. The Bertz CT molecular complexity index is 667. The van der Waals surface area contributed by atoms with Crippen molar-refractivity contribution in [2.45, 2.75) is 26.3 Å². The summed E-state index contributed by atoms with van der Waals surface area (Å²) in [5.74, 6) is 1.77. The van der Waals surface area contributed by atoms with Crippen molar-refractivity contribution >= 4 is 17.2 Å². The summed E-state index contributed by atoms with van der Waals surface area (Å²) in [6, 6.07) is 9.58. The van der Waals surface area contributed by atoms with Crippen molar-refractivity contribution in [1.29, 1.82) is 0 Å². The van der Waals surface area contributed by atoms with Crippen molar-refractivity contribution in [3.63, 3.8) is 0 Å². The predicted molar refractivity (Wildman–Crippen MR) is 91.4 cm³/mol. The first-order valence-electron chi connectivity index (χ1n) is 7.89. The number of benzene rings is 1. The largest absolute Gasteiger partial charge is 0.490 e. The number of carbonyl (C=O) groups excluding carboxylic acids is 1. The van der Waals surface area contributed by atoms with E-state index in [9.17, 15) is 4.79 Å². The van der Waals surface area contributed by atoms with Gasteiger partial charge in [-0.15, -0.1) is 11.3 Å². The van der Waals surface area contributed by atoms with Crippen molar-refractivity contribution in [3.05, 3.63) is 46.2 Å². The van der Waals surface area contributed by atoms with Crippen LogP contribution in [0, 0.1) is 5.92 Å². The summed E-state index contributed by atoms with van der Waals surface area (Å²) in [6.45, 7) is 5.53. The molecule has 0 bridgehead atoms. The van der Waals surface area contributed by atoms with Crippen LogP contribution in [-0.2, 0) is 0 Å². The van der Waals surface area contributed by atoms with Gasteiger partial charge >= 0.3 is 0 Å². The molecule has 1 aromatic carbocycles. The van der Waals surface area contributed by atoms with Crippen LogP contribution in [0.1, 0.15) is 41.5 Å². The fourth-order valence-corrected chi connectivity index (χ4v) is 3.26. The fraction of sp³-hybridized carbons (Fsp3) is 0.389. The zero-order valence-electron chi connectivity index (χ0n) is 13.4. The maximum Gasteiger partial charge on any atom is 0.261 e. The maximum atomic E-state index is 12.4. The molecule has 2 aromatic rings.